The molecule has 4 rings (SSSR count). The third-order valence-corrected chi connectivity index (χ3v) is 5.53. The van der Waals surface area contributed by atoms with E-state index in [1.165, 1.54) is 18.3 Å². The Hall–Kier alpha value is -3.43. The minimum Gasteiger partial charge on any atom is -0.494 e. The molecule has 0 unspecified atom stereocenters. The first-order chi connectivity index (χ1) is 15.5. The summed E-state index contributed by atoms with van der Waals surface area (Å²) in [5.41, 5.74) is 2.50. The molecule has 2 heterocycles. The Balaban J connectivity index is 1.33. The average Bonchev–Trinajstić information content (AvgIpc) is 3.33. The number of hydrogen-bond donors (Lipinski definition) is 2. The number of rotatable bonds is 8. The van der Waals surface area contributed by atoms with Crippen LogP contribution < -0.4 is 15.4 Å². The molecule has 164 valence electrons. The molecule has 0 saturated carbocycles. The molecule has 0 fully saturated rings. The van der Waals surface area contributed by atoms with Crippen LogP contribution in [-0.2, 0) is 9.59 Å². The normalized spacial score (nSPS) is 10.8. The summed E-state index contributed by atoms with van der Waals surface area (Å²) in [5.74, 6) is 0.674. The van der Waals surface area contributed by atoms with Crippen LogP contribution in [0, 0.1) is 0 Å². The highest BCUT2D eigenvalue weighted by atomic mass is 35.5. The van der Waals surface area contributed by atoms with Crippen LogP contribution in [0.25, 0.3) is 16.2 Å². The van der Waals surface area contributed by atoms with Crippen molar-refractivity contribution in [1.82, 2.24) is 14.6 Å². The van der Waals surface area contributed by atoms with Crippen molar-refractivity contribution >= 4 is 51.3 Å². The molecule has 2 aromatic heterocycles. The molecule has 0 atom stereocenters. The van der Waals surface area contributed by atoms with Gasteiger partial charge in [0.1, 0.15) is 5.75 Å². The van der Waals surface area contributed by atoms with E-state index in [1.807, 2.05) is 29.6 Å². The molecule has 0 radical (unpaired) electrons. The molecule has 0 bridgehead atoms. The van der Waals surface area contributed by atoms with Crippen LogP contribution in [0.4, 0.5) is 11.6 Å². The lowest BCUT2D eigenvalue weighted by atomic mass is 10.1. The van der Waals surface area contributed by atoms with E-state index in [0.717, 1.165) is 16.9 Å². The number of ether oxygens (including phenoxy) is 1. The largest absolute Gasteiger partial charge is 0.494 e. The van der Waals surface area contributed by atoms with Gasteiger partial charge in [-0.15, -0.1) is 16.4 Å². The summed E-state index contributed by atoms with van der Waals surface area (Å²) < 4.78 is 7.29. The maximum Gasteiger partial charge on any atom is 0.250 e. The van der Waals surface area contributed by atoms with Crippen molar-refractivity contribution < 1.29 is 14.3 Å². The van der Waals surface area contributed by atoms with Gasteiger partial charge in [-0.1, -0.05) is 23.7 Å². The Morgan fingerprint density at radius 3 is 2.56 bits per heavy atom. The second kappa shape index (κ2) is 9.80. The smallest absolute Gasteiger partial charge is 0.250 e. The molecule has 10 heteroatoms. The zero-order chi connectivity index (χ0) is 22.5. The van der Waals surface area contributed by atoms with E-state index in [0.29, 0.717) is 28.8 Å². The maximum absolute atomic E-state index is 12.2. The summed E-state index contributed by atoms with van der Waals surface area (Å²) in [6.07, 6.45) is 0.848. The van der Waals surface area contributed by atoms with E-state index in [9.17, 15) is 9.59 Å². The Labute approximate surface area is 193 Å². The zero-order valence-corrected chi connectivity index (χ0v) is 18.7. The van der Waals surface area contributed by atoms with Gasteiger partial charge in [-0.2, -0.15) is 4.98 Å². The van der Waals surface area contributed by atoms with Gasteiger partial charge in [0, 0.05) is 35.0 Å². The van der Waals surface area contributed by atoms with Crippen LogP contribution in [0.15, 0.2) is 53.9 Å². The van der Waals surface area contributed by atoms with Crippen molar-refractivity contribution in [2.24, 2.45) is 0 Å². The molecule has 2 aromatic carbocycles. The number of carbonyl (C=O) groups is 2. The molecule has 2 amide bonds. The zero-order valence-electron chi connectivity index (χ0n) is 17.2. The van der Waals surface area contributed by atoms with E-state index in [4.69, 9.17) is 16.3 Å². The molecule has 2 N–H and O–H groups in total. The number of halogens is 1. The summed E-state index contributed by atoms with van der Waals surface area (Å²) in [6.45, 7) is 1.88. The third kappa shape index (κ3) is 5.43. The lowest BCUT2D eigenvalue weighted by Gasteiger charge is -2.06. The molecule has 32 heavy (non-hydrogen) atoms. The lowest BCUT2D eigenvalue weighted by Crippen LogP contribution is -2.14. The number of anilines is 2. The van der Waals surface area contributed by atoms with Crippen LogP contribution in [0.2, 0.25) is 5.02 Å². The Morgan fingerprint density at radius 2 is 1.84 bits per heavy atom. The summed E-state index contributed by atoms with van der Waals surface area (Å²) in [5, 5.41) is 12.5. The van der Waals surface area contributed by atoms with Gasteiger partial charge in [0.05, 0.1) is 12.3 Å². The Bertz CT molecular complexity index is 1230. The van der Waals surface area contributed by atoms with Gasteiger partial charge in [-0.25, -0.2) is 4.52 Å². The van der Waals surface area contributed by atoms with Gasteiger partial charge < -0.3 is 10.1 Å². The fourth-order valence-electron chi connectivity index (χ4n) is 3.00. The summed E-state index contributed by atoms with van der Waals surface area (Å²) in [6, 6.07) is 14.5. The first-order valence-corrected chi connectivity index (χ1v) is 11.1. The van der Waals surface area contributed by atoms with E-state index in [2.05, 4.69) is 20.7 Å². The van der Waals surface area contributed by atoms with E-state index < -0.39 is 0 Å². The van der Waals surface area contributed by atoms with E-state index in [1.54, 1.807) is 28.8 Å². The monoisotopic (exact) mass is 469 g/mol. The van der Waals surface area contributed by atoms with Gasteiger partial charge >= 0.3 is 0 Å². The Kier molecular flexibility index (Phi) is 6.67. The number of thiazole rings is 1. The van der Waals surface area contributed by atoms with E-state index in [-0.39, 0.29) is 24.2 Å². The predicted octanol–water partition coefficient (Wildman–Crippen LogP) is 4.87. The number of carbonyl (C=O) groups excluding carboxylic acids is 2. The van der Waals surface area contributed by atoms with Crippen LogP contribution in [0.1, 0.15) is 19.8 Å². The predicted molar refractivity (Wildman–Crippen MR) is 125 cm³/mol. The first-order valence-electron chi connectivity index (χ1n) is 9.88. The Morgan fingerprint density at radius 1 is 1.09 bits per heavy atom. The number of nitrogens with one attached hydrogen (secondary N) is 2. The second-order valence-electron chi connectivity index (χ2n) is 6.96. The van der Waals surface area contributed by atoms with Crippen molar-refractivity contribution in [3.05, 3.63) is 58.9 Å². The highest BCUT2D eigenvalue weighted by Crippen LogP contribution is 2.27. The average molecular weight is 470 g/mol. The highest BCUT2D eigenvalue weighted by Gasteiger charge is 2.13. The number of nitrogens with zero attached hydrogens (tertiary/aromatic N) is 3. The molecule has 0 aliphatic carbocycles. The van der Waals surface area contributed by atoms with Crippen LogP contribution in [0.5, 0.6) is 5.75 Å². The molecule has 0 aliphatic rings. The number of hydrogen-bond acceptors (Lipinski definition) is 6. The van der Waals surface area contributed by atoms with Crippen molar-refractivity contribution in [3.63, 3.8) is 0 Å². The maximum atomic E-state index is 12.2. The molecule has 8 nitrogen and oxygen atoms in total. The first kappa shape index (κ1) is 21.8. The van der Waals surface area contributed by atoms with Crippen LogP contribution in [0.3, 0.4) is 0 Å². The molecule has 0 saturated heterocycles. The standard InChI is InChI=1S/C22H20ClN5O3S/c1-14(29)24-17-8-4-15(5-9-17)19-13-32-22-26-21(27-28(19)22)25-20(30)3-2-12-31-18-10-6-16(23)7-11-18/h4-11,13H,2-3,12H2,1H3,(H,24,29)(H,25,27,30). The highest BCUT2D eigenvalue weighted by molar-refractivity contribution is 7.15. The van der Waals surface area contributed by atoms with Gasteiger partial charge in [0.25, 0.3) is 0 Å². The SMILES string of the molecule is CC(=O)Nc1ccc(-c2csc3nc(NC(=O)CCCOc4ccc(Cl)cc4)nn23)cc1. The minimum absolute atomic E-state index is 0.121. The summed E-state index contributed by atoms with van der Waals surface area (Å²) in [7, 11) is 0. The summed E-state index contributed by atoms with van der Waals surface area (Å²) in [4.78, 5) is 28.5. The quantitative estimate of drug-likeness (QED) is 0.359. The van der Waals surface area contributed by atoms with Crippen LogP contribution >= 0.6 is 22.9 Å². The molecular formula is C22H20ClN5O3S. The number of benzene rings is 2. The van der Waals surface area contributed by atoms with Crippen molar-refractivity contribution in [2.75, 3.05) is 17.2 Å². The van der Waals surface area contributed by atoms with Gasteiger partial charge in [0.2, 0.25) is 22.7 Å². The molecule has 0 aliphatic heterocycles. The molecular weight excluding hydrogens is 450 g/mol. The van der Waals surface area contributed by atoms with E-state index >= 15 is 0 Å². The van der Waals surface area contributed by atoms with Crippen molar-refractivity contribution in [3.8, 4) is 17.0 Å². The summed E-state index contributed by atoms with van der Waals surface area (Å²) >= 11 is 7.28. The third-order valence-electron chi connectivity index (χ3n) is 4.46. The minimum atomic E-state index is -0.177. The van der Waals surface area contributed by atoms with Gasteiger partial charge in [0.15, 0.2) is 0 Å². The van der Waals surface area contributed by atoms with Crippen molar-refractivity contribution in [2.45, 2.75) is 19.8 Å². The van der Waals surface area contributed by atoms with Gasteiger partial charge in [-0.3, -0.25) is 14.9 Å². The van der Waals surface area contributed by atoms with Crippen LogP contribution in [-0.4, -0.2) is 33.0 Å². The fourth-order valence-corrected chi connectivity index (χ4v) is 3.96. The number of amides is 2. The van der Waals surface area contributed by atoms with Gasteiger partial charge in [-0.05, 0) is 42.8 Å². The second-order valence-corrected chi connectivity index (χ2v) is 8.24. The fraction of sp³-hybridized carbons (Fsp3) is 0.182. The number of aromatic nitrogens is 3. The lowest BCUT2D eigenvalue weighted by molar-refractivity contribution is -0.116. The topological polar surface area (TPSA) is 97.6 Å². The number of fused-ring (bicyclic) bond motifs is 1. The van der Waals surface area contributed by atoms with Crippen molar-refractivity contribution in [1.29, 1.82) is 0 Å². The molecule has 4 aromatic rings. The molecule has 0 spiro atoms.